The second-order valence-electron chi connectivity index (χ2n) is 7.93. The molecule has 0 radical (unpaired) electrons. The lowest BCUT2D eigenvalue weighted by Crippen LogP contribution is -2.41. The predicted molar refractivity (Wildman–Crippen MR) is 91.8 cm³/mol. The molecule has 0 spiro atoms. The summed E-state index contributed by atoms with van der Waals surface area (Å²) in [4.78, 5) is 14.2. The molecule has 1 amide bonds. The molecule has 0 N–H and O–H groups in total. The van der Waals surface area contributed by atoms with Gasteiger partial charge in [-0.3, -0.25) is 4.79 Å². The number of carbonyl (C=O) groups excluding carboxylic acids is 1. The molecule has 24 heavy (non-hydrogen) atoms. The molecule has 2 fully saturated rings. The van der Waals surface area contributed by atoms with E-state index in [1.54, 1.807) is 24.1 Å². The third-order valence-corrected chi connectivity index (χ3v) is 5.34. The topological polar surface area (TPSA) is 38.8 Å². The van der Waals surface area contributed by atoms with Crippen molar-refractivity contribution >= 4 is 18.5 Å². The molecule has 0 aromatic heterocycles. The van der Waals surface area contributed by atoms with Crippen LogP contribution in [0.2, 0.25) is 0 Å². The number of carbonyl (C=O) groups is 1. The number of hydrogen-bond acceptors (Lipinski definition) is 3. The second-order valence-corrected chi connectivity index (χ2v) is 7.93. The lowest BCUT2D eigenvalue weighted by Gasteiger charge is -2.32. The standard InChI is InChI=1S/C18H25BFNO3/c1-17(2)18(3,4)24-19(23-17)14-8-6-7-13(15(14)20)16(22)21(5)11-12-9-10-12/h6-8,12H,9-11H2,1-5H3. The Morgan fingerprint density at radius 3 is 2.38 bits per heavy atom. The molecular formula is C18H25BFNO3. The van der Waals surface area contributed by atoms with Gasteiger partial charge in [-0.1, -0.05) is 12.1 Å². The number of hydrogen-bond donors (Lipinski definition) is 0. The fourth-order valence-electron chi connectivity index (χ4n) is 2.84. The van der Waals surface area contributed by atoms with Crippen molar-refractivity contribution in [2.24, 2.45) is 5.92 Å². The van der Waals surface area contributed by atoms with E-state index in [0.717, 1.165) is 12.8 Å². The Morgan fingerprint density at radius 1 is 1.25 bits per heavy atom. The van der Waals surface area contributed by atoms with Gasteiger partial charge in [-0.2, -0.15) is 0 Å². The van der Waals surface area contributed by atoms with E-state index in [2.05, 4.69) is 0 Å². The summed E-state index contributed by atoms with van der Waals surface area (Å²) in [5.74, 6) is -0.283. The summed E-state index contributed by atoms with van der Waals surface area (Å²) in [5, 5.41) is 0. The fourth-order valence-corrected chi connectivity index (χ4v) is 2.84. The summed E-state index contributed by atoms with van der Waals surface area (Å²) in [7, 11) is 0.915. The van der Waals surface area contributed by atoms with E-state index in [1.807, 2.05) is 27.7 Å². The Morgan fingerprint density at radius 2 is 1.83 bits per heavy atom. The highest BCUT2D eigenvalue weighted by Crippen LogP contribution is 2.36. The maximum Gasteiger partial charge on any atom is 0.497 e. The molecule has 1 aliphatic heterocycles. The SMILES string of the molecule is CN(CC1CC1)C(=O)c1cccc(B2OC(C)(C)C(C)(C)O2)c1F. The third kappa shape index (κ3) is 3.09. The van der Waals surface area contributed by atoms with Gasteiger partial charge in [0.25, 0.3) is 5.91 Å². The molecule has 2 aliphatic rings. The lowest BCUT2D eigenvalue weighted by molar-refractivity contribution is 0.00578. The van der Waals surface area contributed by atoms with Crippen LogP contribution in [0.4, 0.5) is 4.39 Å². The van der Waals surface area contributed by atoms with Crippen LogP contribution in [0.3, 0.4) is 0 Å². The first-order valence-corrected chi connectivity index (χ1v) is 8.52. The Bertz CT molecular complexity index is 642. The van der Waals surface area contributed by atoms with Crippen molar-refractivity contribution in [3.8, 4) is 0 Å². The first kappa shape index (κ1) is 17.4. The molecule has 1 heterocycles. The van der Waals surface area contributed by atoms with Crippen LogP contribution in [0.25, 0.3) is 0 Å². The minimum absolute atomic E-state index is 0.0744. The van der Waals surface area contributed by atoms with Crippen LogP contribution in [-0.2, 0) is 9.31 Å². The van der Waals surface area contributed by atoms with Crippen molar-refractivity contribution in [2.45, 2.75) is 51.7 Å². The van der Waals surface area contributed by atoms with Crippen LogP contribution < -0.4 is 5.46 Å². The van der Waals surface area contributed by atoms with Crippen LogP contribution in [0.5, 0.6) is 0 Å². The molecular weight excluding hydrogens is 308 g/mol. The van der Waals surface area contributed by atoms with Crippen molar-refractivity contribution in [3.63, 3.8) is 0 Å². The van der Waals surface area contributed by atoms with Crippen LogP contribution in [0.1, 0.15) is 50.9 Å². The zero-order chi connectivity index (χ0) is 17.7. The van der Waals surface area contributed by atoms with Crippen molar-refractivity contribution in [1.29, 1.82) is 0 Å². The van der Waals surface area contributed by atoms with E-state index >= 15 is 0 Å². The lowest BCUT2D eigenvalue weighted by atomic mass is 9.77. The molecule has 1 aromatic carbocycles. The molecule has 1 aromatic rings. The van der Waals surface area contributed by atoms with Crippen LogP contribution in [-0.4, -0.2) is 42.7 Å². The molecule has 3 rings (SSSR count). The Labute approximate surface area is 143 Å². The molecule has 0 bridgehead atoms. The molecule has 1 saturated heterocycles. The van der Waals surface area contributed by atoms with E-state index in [0.29, 0.717) is 12.5 Å². The van der Waals surface area contributed by atoms with Crippen molar-refractivity contribution in [1.82, 2.24) is 4.90 Å². The number of amides is 1. The summed E-state index contributed by atoms with van der Waals surface area (Å²) in [5.41, 5.74) is -0.746. The number of rotatable bonds is 4. The normalized spacial score (nSPS) is 21.8. The summed E-state index contributed by atoms with van der Waals surface area (Å²) in [6.07, 6.45) is 2.29. The van der Waals surface area contributed by atoms with Gasteiger partial charge in [0.2, 0.25) is 0 Å². The van der Waals surface area contributed by atoms with Gasteiger partial charge in [0.1, 0.15) is 5.82 Å². The van der Waals surface area contributed by atoms with Gasteiger partial charge >= 0.3 is 7.12 Å². The van der Waals surface area contributed by atoms with Crippen molar-refractivity contribution in [3.05, 3.63) is 29.6 Å². The zero-order valence-corrected chi connectivity index (χ0v) is 15.1. The molecule has 0 unspecified atom stereocenters. The zero-order valence-electron chi connectivity index (χ0n) is 15.1. The molecule has 1 saturated carbocycles. The van der Waals surface area contributed by atoms with Crippen molar-refractivity contribution < 1.29 is 18.5 Å². The first-order chi connectivity index (χ1) is 11.1. The average Bonchev–Trinajstić information content (AvgIpc) is 3.25. The van der Waals surface area contributed by atoms with E-state index in [4.69, 9.17) is 9.31 Å². The van der Waals surface area contributed by atoms with Crippen LogP contribution in [0, 0.1) is 11.7 Å². The van der Waals surface area contributed by atoms with E-state index in [9.17, 15) is 9.18 Å². The molecule has 0 atom stereocenters. The van der Waals surface area contributed by atoms with Crippen LogP contribution in [0.15, 0.2) is 18.2 Å². The Balaban J connectivity index is 1.85. The summed E-state index contributed by atoms with van der Waals surface area (Å²) in [6, 6.07) is 4.83. The van der Waals surface area contributed by atoms with Crippen LogP contribution >= 0.6 is 0 Å². The van der Waals surface area contributed by atoms with Gasteiger partial charge in [-0.25, -0.2) is 4.39 Å². The summed E-state index contributed by atoms with van der Waals surface area (Å²) in [6.45, 7) is 8.36. The highest BCUT2D eigenvalue weighted by atomic mass is 19.1. The minimum atomic E-state index is -0.809. The summed E-state index contributed by atoms with van der Waals surface area (Å²) < 4.78 is 26.8. The van der Waals surface area contributed by atoms with Gasteiger partial charge < -0.3 is 14.2 Å². The maximum atomic E-state index is 15.0. The molecule has 130 valence electrons. The third-order valence-electron chi connectivity index (χ3n) is 5.34. The van der Waals surface area contributed by atoms with E-state index in [1.165, 1.54) is 6.07 Å². The largest absolute Gasteiger partial charge is 0.497 e. The maximum absolute atomic E-state index is 15.0. The van der Waals surface area contributed by atoms with Gasteiger partial charge in [-0.15, -0.1) is 0 Å². The minimum Gasteiger partial charge on any atom is -0.399 e. The van der Waals surface area contributed by atoms with Crippen molar-refractivity contribution in [2.75, 3.05) is 13.6 Å². The van der Waals surface area contributed by atoms with Gasteiger partial charge in [0, 0.05) is 19.1 Å². The number of nitrogens with zero attached hydrogens (tertiary/aromatic N) is 1. The fraction of sp³-hybridized carbons (Fsp3) is 0.611. The smallest absolute Gasteiger partial charge is 0.399 e. The average molecular weight is 333 g/mol. The number of benzene rings is 1. The van der Waals surface area contributed by atoms with Gasteiger partial charge in [-0.05, 0) is 52.5 Å². The quantitative estimate of drug-likeness (QED) is 0.795. The van der Waals surface area contributed by atoms with Gasteiger partial charge in [0.15, 0.2) is 0 Å². The Hall–Kier alpha value is -1.40. The van der Waals surface area contributed by atoms with Gasteiger partial charge in [0.05, 0.1) is 16.8 Å². The monoisotopic (exact) mass is 333 g/mol. The second kappa shape index (κ2) is 5.85. The first-order valence-electron chi connectivity index (χ1n) is 8.52. The highest BCUT2D eigenvalue weighted by molar-refractivity contribution is 6.62. The molecule has 1 aliphatic carbocycles. The van der Waals surface area contributed by atoms with E-state index in [-0.39, 0.29) is 16.9 Å². The predicted octanol–water partition coefficient (Wildman–Crippen LogP) is 2.61. The molecule has 4 nitrogen and oxygen atoms in total. The van der Waals surface area contributed by atoms with E-state index < -0.39 is 24.1 Å². The number of halogens is 1. The summed E-state index contributed by atoms with van der Waals surface area (Å²) >= 11 is 0. The highest BCUT2D eigenvalue weighted by Gasteiger charge is 2.52. The molecule has 6 heteroatoms. The Kier molecular flexibility index (Phi) is 4.25.